The largest absolute Gasteiger partial charge is 0.480 e. The molecule has 0 fully saturated rings. The summed E-state index contributed by atoms with van der Waals surface area (Å²) < 4.78 is 0. The van der Waals surface area contributed by atoms with Crippen molar-refractivity contribution in [2.24, 2.45) is 17.2 Å². The number of benzene rings is 1. The molecule has 33 heavy (non-hydrogen) atoms. The first-order valence-corrected chi connectivity index (χ1v) is 9.90. The van der Waals surface area contributed by atoms with Crippen molar-refractivity contribution in [3.8, 4) is 0 Å². The minimum absolute atomic E-state index is 0.0372. The van der Waals surface area contributed by atoms with E-state index in [1.54, 1.807) is 30.3 Å². The van der Waals surface area contributed by atoms with Crippen molar-refractivity contribution >= 4 is 35.5 Å². The first-order valence-electron chi connectivity index (χ1n) is 9.90. The molecule has 0 spiro atoms. The molecular weight excluding hydrogens is 436 g/mol. The highest BCUT2D eigenvalue weighted by Crippen LogP contribution is 2.05. The van der Waals surface area contributed by atoms with E-state index in [4.69, 9.17) is 22.3 Å². The molecule has 0 aliphatic carbocycles. The van der Waals surface area contributed by atoms with Crippen LogP contribution in [0.1, 0.15) is 25.3 Å². The number of carboxylic acids is 1. The van der Waals surface area contributed by atoms with Crippen LogP contribution in [0.5, 0.6) is 0 Å². The van der Waals surface area contributed by atoms with Gasteiger partial charge in [-0.3, -0.25) is 24.0 Å². The number of nitrogens with one attached hydrogen (secondary N) is 3. The molecule has 13 heteroatoms. The van der Waals surface area contributed by atoms with Gasteiger partial charge in [0, 0.05) is 6.42 Å². The quantitative estimate of drug-likeness (QED) is 0.157. The van der Waals surface area contributed by atoms with Crippen LogP contribution >= 0.6 is 0 Å². The second kappa shape index (κ2) is 12.8. The molecule has 1 aromatic carbocycles. The first-order chi connectivity index (χ1) is 15.4. The fraction of sp³-hybridized carbons (Fsp3) is 0.400. The Morgan fingerprint density at radius 3 is 1.73 bits per heavy atom. The molecular formula is C20H28N6O7. The van der Waals surface area contributed by atoms with E-state index in [1.807, 2.05) is 5.32 Å². The number of carboxylic acid groups (broad SMARTS) is 1. The summed E-state index contributed by atoms with van der Waals surface area (Å²) in [5, 5.41) is 16.0. The number of hydrogen-bond donors (Lipinski definition) is 7. The molecule has 10 N–H and O–H groups in total. The van der Waals surface area contributed by atoms with Crippen LogP contribution in [0, 0.1) is 0 Å². The zero-order valence-electron chi connectivity index (χ0n) is 17.9. The maximum Gasteiger partial charge on any atom is 0.326 e. The van der Waals surface area contributed by atoms with Gasteiger partial charge in [0.1, 0.15) is 18.1 Å². The molecule has 4 atom stereocenters. The third kappa shape index (κ3) is 9.78. The zero-order valence-corrected chi connectivity index (χ0v) is 17.9. The Labute approximate surface area is 189 Å². The van der Waals surface area contributed by atoms with Crippen molar-refractivity contribution in [1.82, 2.24) is 16.0 Å². The highest BCUT2D eigenvalue weighted by atomic mass is 16.4. The van der Waals surface area contributed by atoms with Gasteiger partial charge in [0.25, 0.3) is 0 Å². The number of carbonyl (C=O) groups is 6. The Bertz CT molecular complexity index is 890. The normalized spacial score (nSPS) is 14.1. The molecule has 13 nitrogen and oxygen atoms in total. The number of carbonyl (C=O) groups excluding carboxylic acids is 5. The summed E-state index contributed by atoms with van der Waals surface area (Å²) in [6.45, 7) is 1.42. The number of primary amides is 2. The van der Waals surface area contributed by atoms with Gasteiger partial charge in [0.15, 0.2) is 0 Å². The molecule has 4 unspecified atom stereocenters. The summed E-state index contributed by atoms with van der Waals surface area (Å²) in [4.78, 5) is 71.3. The van der Waals surface area contributed by atoms with Gasteiger partial charge in [-0.2, -0.15) is 0 Å². The van der Waals surface area contributed by atoms with Gasteiger partial charge in [-0.05, 0) is 12.5 Å². The maximum absolute atomic E-state index is 12.9. The smallest absolute Gasteiger partial charge is 0.326 e. The van der Waals surface area contributed by atoms with E-state index in [-0.39, 0.29) is 6.42 Å². The van der Waals surface area contributed by atoms with Crippen LogP contribution in [0.2, 0.25) is 0 Å². The van der Waals surface area contributed by atoms with Crippen molar-refractivity contribution in [2.45, 2.75) is 50.4 Å². The lowest BCUT2D eigenvalue weighted by Gasteiger charge is -2.24. The van der Waals surface area contributed by atoms with Crippen LogP contribution in [0.4, 0.5) is 0 Å². The molecule has 1 rings (SSSR count). The molecule has 0 aliphatic heterocycles. The second-order valence-corrected chi connectivity index (χ2v) is 7.34. The molecule has 0 radical (unpaired) electrons. The number of hydrogen-bond acceptors (Lipinski definition) is 7. The third-order valence-electron chi connectivity index (χ3n) is 4.39. The molecule has 0 heterocycles. The van der Waals surface area contributed by atoms with Gasteiger partial charge >= 0.3 is 5.97 Å². The Kier molecular flexibility index (Phi) is 10.5. The first kappa shape index (κ1) is 27.0. The number of aliphatic carboxylic acids is 1. The SMILES string of the molecule is CC(N)C(=O)NC(Cc1ccccc1)C(=O)NC(CC(N)=O)C(=O)NC(CC(N)=O)C(=O)O. The van der Waals surface area contributed by atoms with Crippen LogP contribution in [0.3, 0.4) is 0 Å². The highest BCUT2D eigenvalue weighted by molar-refractivity contribution is 5.96. The van der Waals surface area contributed by atoms with Crippen molar-refractivity contribution in [3.05, 3.63) is 35.9 Å². The summed E-state index contributed by atoms with van der Waals surface area (Å²) >= 11 is 0. The molecule has 0 aliphatic rings. The van der Waals surface area contributed by atoms with E-state index in [0.717, 1.165) is 0 Å². The second-order valence-electron chi connectivity index (χ2n) is 7.34. The minimum atomic E-state index is -1.68. The minimum Gasteiger partial charge on any atom is -0.480 e. The standard InChI is InChI=1S/C20H28N6O7/c1-10(21)17(29)24-12(7-11-5-3-2-4-6-11)18(30)25-13(8-15(22)27)19(31)26-14(20(32)33)9-16(23)28/h2-6,10,12-14H,7-9,21H2,1H3,(H2,22,27)(H2,23,28)(H,24,29)(H,25,30)(H,26,31)(H,32,33). The zero-order chi connectivity index (χ0) is 25.1. The number of nitrogens with two attached hydrogens (primary N) is 3. The lowest BCUT2D eigenvalue weighted by molar-refractivity contribution is -0.144. The van der Waals surface area contributed by atoms with Gasteiger partial charge in [0.05, 0.1) is 18.9 Å². The molecule has 0 saturated carbocycles. The van der Waals surface area contributed by atoms with Crippen LogP contribution in [-0.4, -0.2) is 64.8 Å². The van der Waals surface area contributed by atoms with Gasteiger partial charge in [-0.15, -0.1) is 0 Å². The average Bonchev–Trinajstić information content (AvgIpc) is 2.72. The van der Waals surface area contributed by atoms with Gasteiger partial charge in [-0.25, -0.2) is 4.79 Å². The summed E-state index contributed by atoms with van der Waals surface area (Å²) in [7, 11) is 0. The van der Waals surface area contributed by atoms with E-state index in [2.05, 4.69) is 10.6 Å². The average molecular weight is 464 g/mol. The summed E-state index contributed by atoms with van der Waals surface area (Å²) in [6.07, 6.45) is -1.34. The predicted octanol–water partition coefficient (Wildman–Crippen LogP) is -3.13. The van der Waals surface area contributed by atoms with E-state index in [1.165, 1.54) is 6.92 Å². The number of rotatable bonds is 13. The maximum atomic E-state index is 12.9. The molecule has 180 valence electrons. The fourth-order valence-electron chi connectivity index (χ4n) is 2.72. The Balaban J connectivity index is 3.07. The summed E-state index contributed by atoms with van der Waals surface area (Å²) in [5.41, 5.74) is 16.4. The number of amides is 5. The monoisotopic (exact) mass is 464 g/mol. The Hall–Kier alpha value is -4.00. The van der Waals surface area contributed by atoms with E-state index >= 15 is 0 Å². The van der Waals surface area contributed by atoms with Crippen LogP contribution in [-0.2, 0) is 35.2 Å². The van der Waals surface area contributed by atoms with Crippen LogP contribution < -0.4 is 33.2 Å². The van der Waals surface area contributed by atoms with Crippen molar-refractivity contribution in [2.75, 3.05) is 0 Å². The van der Waals surface area contributed by atoms with E-state index < -0.39 is 72.5 Å². The van der Waals surface area contributed by atoms with Gasteiger partial charge in [-0.1, -0.05) is 30.3 Å². The Morgan fingerprint density at radius 1 is 0.788 bits per heavy atom. The fourth-order valence-corrected chi connectivity index (χ4v) is 2.72. The van der Waals surface area contributed by atoms with Crippen LogP contribution in [0.15, 0.2) is 30.3 Å². The van der Waals surface area contributed by atoms with Crippen molar-refractivity contribution < 1.29 is 33.9 Å². The molecule has 0 aromatic heterocycles. The lowest BCUT2D eigenvalue weighted by atomic mass is 10.0. The predicted molar refractivity (Wildman–Crippen MR) is 115 cm³/mol. The van der Waals surface area contributed by atoms with Crippen LogP contribution in [0.25, 0.3) is 0 Å². The van der Waals surface area contributed by atoms with Gasteiger partial charge in [0.2, 0.25) is 29.5 Å². The summed E-state index contributed by atoms with van der Waals surface area (Å²) in [6, 6.07) is 3.30. The molecule has 0 saturated heterocycles. The topological polar surface area (TPSA) is 237 Å². The Morgan fingerprint density at radius 2 is 1.24 bits per heavy atom. The summed E-state index contributed by atoms with van der Waals surface area (Å²) in [5.74, 6) is -6.04. The van der Waals surface area contributed by atoms with Crippen molar-refractivity contribution in [1.29, 1.82) is 0 Å². The van der Waals surface area contributed by atoms with E-state index in [9.17, 15) is 28.8 Å². The van der Waals surface area contributed by atoms with Gasteiger partial charge < -0.3 is 38.3 Å². The highest BCUT2D eigenvalue weighted by Gasteiger charge is 2.31. The third-order valence-corrected chi connectivity index (χ3v) is 4.39. The lowest BCUT2D eigenvalue weighted by Crippen LogP contribution is -2.58. The van der Waals surface area contributed by atoms with Crippen molar-refractivity contribution in [3.63, 3.8) is 0 Å². The molecule has 1 aromatic rings. The molecule has 5 amide bonds. The molecule has 0 bridgehead atoms. The van der Waals surface area contributed by atoms with E-state index in [0.29, 0.717) is 5.56 Å².